The lowest BCUT2D eigenvalue weighted by Crippen LogP contribution is -2.22. The van der Waals surface area contributed by atoms with Crippen LogP contribution in [0, 0.1) is 0 Å². The van der Waals surface area contributed by atoms with Gasteiger partial charge in [0.15, 0.2) is 0 Å². The molecule has 1 heterocycles. The van der Waals surface area contributed by atoms with Crippen LogP contribution in [0.25, 0.3) is 0 Å². The van der Waals surface area contributed by atoms with Gasteiger partial charge in [-0.1, -0.05) is 12.1 Å². The number of amides is 1. The summed E-state index contributed by atoms with van der Waals surface area (Å²) in [6, 6.07) is 8.05. The fourth-order valence-corrected chi connectivity index (χ4v) is 3.67. The third-order valence-corrected chi connectivity index (χ3v) is 4.81. The number of benzene rings is 1. The number of carbonyl (C=O) groups excluding carboxylic acids is 2. The van der Waals surface area contributed by atoms with Gasteiger partial charge in [-0.2, -0.15) is 0 Å². The van der Waals surface area contributed by atoms with Crippen LogP contribution in [-0.4, -0.2) is 11.9 Å². The number of aromatic carboxylic acids is 1. The number of anilines is 1. The molecule has 0 radical (unpaired) electrons. The van der Waals surface area contributed by atoms with E-state index in [2.05, 4.69) is 5.32 Å². The first-order valence-corrected chi connectivity index (χ1v) is 7.69. The Morgan fingerprint density at radius 2 is 1.95 bits per heavy atom. The van der Waals surface area contributed by atoms with Crippen molar-refractivity contribution in [2.45, 2.75) is 25.7 Å². The summed E-state index contributed by atoms with van der Waals surface area (Å²) in [5, 5.41) is 13.6. The largest absolute Gasteiger partial charge is 0.545 e. The zero-order valence-corrected chi connectivity index (χ0v) is 12.2. The quantitative estimate of drug-likeness (QED) is 0.945. The van der Waals surface area contributed by atoms with Gasteiger partial charge in [0.25, 0.3) is 5.91 Å². The van der Waals surface area contributed by atoms with Crippen molar-refractivity contribution in [3.63, 3.8) is 0 Å². The molecule has 1 aromatic heterocycles. The van der Waals surface area contributed by atoms with Gasteiger partial charge in [-0.25, -0.2) is 0 Å². The van der Waals surface area contributed by atoms with E-state index in [9.17, 15) is 14.7 Å². The summed E-state index contributed by atoms with van der Waals surface area (Å²) in [7, 11) is 0. The summed E-state index contributed by atoms with van der Waals surface area (Å²) < 4.78 is 0. The number of carbonyl (C=O) groups is 2. The van der Waals surface area contributed by atoms with Gasteiger partial charge in [-0.3, -0.25) is 4.79 Å². The fourth-order valence-electron chi connectivity index (χ4n) is 2.52. The second kappa shape index (κ2) is 5.69. The molecule has 1 amide bonds. The minimum Gasteiger partial charge on any atom is -0.545 e. The summed E-state index contributed by atoms with van der Waals surface area (Å²) in [5.74, 6) is -1.44. The molecular formula is C16H14NO3S-. The van der Waals surface area contributed by atoms with Gasteiger partial charge in [-0.15, -0.1) is 11.3 Å². The Hall–Kier alpha value is -2.14. The molecule has 0 aliphatic heterocycles. The average Bonchev–Trinajstić information content (AvgIpc) is 2.91. The Balaban J connectivity index is 1.78. The van der Waals surface area contributed by atoms with Gasteiger partial charge in [0.1, 0.15) is 0 Å². The number of thiophene rings is 1. The van der Waals surface area contributed by atoms with E-state index in [-0.39, 0.29) is 11.5 Å². The van der Waals surface area contributed by atoms with E-state index in [4.69, 9.17) is 0 Å². The molecule has 0 saturated heterocycles. The maximum Gasteiger partial charge on any atom is 0.265 e. The first-order chi connectivity index (χ1) is 10.1. The van der Waals surface area contributed by atoms with Crippen molar-refractivity contribution in [3.8, 4) is 0 Å². The zero-order chi connectivity index (χ0) is 14.8. The van der Waals surface area contributed by atoms with Gasteiger partial charge in [-0.05, 0) is 55.0 Å². The molecule has 2 aromatic rings. The Morgan fingerprint density at radius 1 is 1.14 bits per heavy atom. The van der Waals surface area contributed by atoms with E-state index in [1.165, 1.54) is 46.8 Å². The summed E-state index contributed by atoms with van der Waals surface area (Å²) in [6.07, 6.45) is 4.45. The molecule has 0 saturated carbocycles. The average molecular weight is 300 g/mol. The van der Waals surface area contributed by atoms with E-state index in [0.29, 0.717) is 10.6 Å². The number of fused-ring (bicyclic) bond motifs is 1. The molecule has 4 nitrogen and oxygen atoms in total. The second-order valence-corrected chi connectivity index (χ2v) is 6.23. The van der Waals surface area contributed by atoms with Crippen molar-refractivity contribution in [2.75, 3.05) is 5.32 Å². The monoisotopic (exact) mass is 300 g/mol. The van der Waals surface area contributed by atoms with Gasteiger partial charge >= 0.3 is 0 Å². The topological polar surface area (TPSA) is 69.2 Å². The first kappa shape index (κ1) is 13.8. The summed E-state index contributed by atoms with van der Waals surface area (Å²) >= 11 is 1.53. The molecule has 0 unspecified atom stereocenters. The van der Waals surface area contributed by atoms with Gasteiger partial charge in [0.05, 0.1) is 10.8 Å². The second-order valence-electron chi connectivity index (χ2n) is 5.09. The van der Waals surface area contributed by atoms with Crippen molar-refractivity contribution in [2.24, 2.45) is 0 Å². The number of hydrogen-bond donors (Lipinski definition) is 1. The number of rotatable bonds is 3. The Morgan fingerprint density at radius 3 is 2.71 bits per heavy atom. The molecule has 0 atom stereocenters. The van der Waals surface area contributed by atoms with Crippen molar-refractivity contribution < 1.29 is 14.7 Å². The summed E-state index contributed by atoms with van der Waals surface area (Å²) in [5.41, 5.74) is 1.80. The molecule has 0 bridgehead atoms. The lowest BCUT2D eigenvalue weighted by Gasteiger charge is -2.08. The highest BCUT2D eigenvalue weighted by molar-refractivity contribution is 7.14. The Kier molecular flexibility index (Phi) is 3.75. The molecule has 0 spiro atoms. The van der Waals surface area contributed by atoms with Crippen molar-refractivity contribution >= 4 is 28.9 Å². The predicted octanol–water partition coefficient (Wildman–Crippen LogP) is 2.24. The van der Waals surface area contributed by atoms with Crippen LogP contribution in [0.2, 0.25) is 0 Å². The van der Waals surface area contributed by atoms with Crippen LogP contribution in [0.5, 0.6) is 0 Å². The molecule has 1 aromatic carbocycles. The highest BCUT2D eigenvalue weighted by Gasteiger charge is 2.17. The van der Waals surface area contributed by atoms with Crippen molar-refractivity contribution in [1.29, 1.82) is 0 Å². The Labute approximate surface area is 126 Å². The molecular weight excluding hydrogens is 286 g/mol. The van der Waals surface area contributed by atoms with E-state index in [1.807, 2.05) is 6.07 Å². The maximum atomic E-state index is 12.2. The minimum absolute atomic E-state index is 0.0540. The van der Waals surface area contributed by atoms with Gasteiger partial charge < -0.3 is 15.2 Å². The van der Waals surface area contributed by atoms with Gasteiger partial charge in [0, 0.05) is 10.6 Å². The van der Waals surface area contributed by atoms with Crippen molar-refractivity contribution in [3.05, 3.63) is 51.2 Å². The van der Waals surface area contributed by atoms with Crippen LogP contribution in [-0.2, 0) is 12.8 Å². The van der Waals surface area contributed by atoms with Crippen LogP contribution in [0.1, 0.15) is 43.3 Å². The van der Waals surface area contributed by atoms with E-state index >= 15 is 0 Å². The van der Waals surface area contributed by atoms with Crippen LogP contribution >= 0.6 is 11.3 Å². The normalized spacial score (nSPS) is 13.5. The Bertz CT molecular complexity index is 682. The SMILES string of the molecule is O=C([O-])c1cccc(NC(=O)c2cc3c(s2)CCCC3)c1. The third kappa shape index (κ3) is 2.97. The number of carboxylic acids is 1. The molecule has 5 heteroatoms. The maximum absolute atomic E-state index is 12.2. The number of aryl methyl sites for hydroxylation is 2. The van der Waals surface area contributed by atoms with Crippen LogP contribution in [0.3, 0.4) is 0 Å². The highest BCUT2D eigenvalue weighted by atomic mass is 32.1. The molecule has 1 aliphatic carbocycles. The van der Waals surface area contributed by atoms with Crippen LogP contribution < -0.4 is 10.4 Å². The molecule has 21 heavy (non-hydrogen) atoms. The van der Waals surface area contributed by atoms with Crippen LogP contribution in [0.15, 0.2) is 30.3 Å². The summed E-state index contributed by atoms with van der Waals surface area (Å²) in [4.78, 5) is 25.1. The summed E-state index contributed by atoms with van der Waals surface area (Å²) in [6.45, 7) is 0. The first-order valence-electron chi connectivity index (χ1n) is 6.88. The lowest BCUT2D eigenvalue weighted by molar-refractivity contribution is -0.255. The smallest absolute Gasteiger partial charge is 0.265 e. The highest BCUT2D eigenvalue weighted by Crippen LogP contribution is 2.30. The number of nitrogens with one attached hydrogen (secondary N) is 1. The van der Waals surface area contributed by atoms with Gasteiger partial charge in [0.2, 0.25) is 0 Å². The molecule has 108 valence electrons. The number of carboxylic acid groups (broad SMARTS) is 1. The third-order valence-electron chi connectivity index (χ3n) is 3.58. The lowest BCUT2D eigenvalue weighted by atomic mass is 9.99. The van der Waals surface area contributed by atoms with E-state index in [1.54, 1.807) is 12.1 Å². The standard InChI is InChI=1S/C16H15NO3S/c18-15(14-9-10-4-1-2-7-13(10)21-14)17-12-6-3-5-11(8-12)16(19)20/h3,5-6,8-9H,1-2,4,7H2,(H,17,18)(H,19,20)/p-1. The zero-order valence-electron chi connectivity index (χ0n) is 11.3. The van der Waals surface area contributed by atoms with E-state index in [0.717, 1.165) is 12.8 Å². The number of hydrogen-bond acceptors (Lipinski definition) is 4. The minimum atomic E-state index is -1.25. The van der Waals surface area contributed by atoms with Crippen LogP contribution in [0.4, 0.5) is 5.69 Å². The molecule has 1 N–H and O–H groups in total. The molecule has 0 fully saturated rings. The fraction of sp³-hybridized carbons (Fsp3) is 0.250. The van der Waals surface area contributed by atoms with Crippen molar-refractivity contribution in [1.82, 2.24) is 0 Å². The molecule has 1 aliphatic rings. The predicted molar refractivity (Wildman–Crippen MR) is 79.7 cm³/mol. The molecule has 3 rings (SSSR count). The van der Waals surface area contributed by atoms with E-state index < -0.39 is 5.97 Å².